The molecular weight excluding hydrogens is 202 g/mol. The van der Waals surface area contributed by atoms with E-state index in [1.807, 2.05) is 12.1 Å². The maximum Gasteiger partial charge on any atom is 0.115 e. The van der Waals surface area contributed by atoms with Gasteiger partial charge in [-0.2, -0.15) is 0 Å². The molecule has 2 aliphatic rings. The maximum absolute atomic E-state index is 9.18. The molecule has 2 saturated heterocycles. The van der Waals surface area contributed by atoms with Crippen LogP contribution in [0.3, 0.4) is 0 Å². The summed E-state index contributed by atoms with van der Waals surface area (Å²) in [5.74, 6) is 0.326. The predicted molar refractivity (Wildman–Crippen MR) is 61.2 cm³/mol. The molecule has 3 rings (SSSR count). The Morgan fingerprint density at radius 2 is 2.06 bits per heavy atom. The summed E-state index contributed by atoms with van der Waals surface area (Å²) in [6.45, 7) is 0.859. The van der Waals surface area contributed by atoms with Crippen molar-refractivity contribution < 1.29 is 9.84 Å². The van der Waals surface area contributed by atoms with E-state index < -0.39 is 0 Å². The van der Waals surface area contributed by atoms with Crippen LogP contribution in [0.25, 0.3) is 0 Å². The van der Waals surface area contributed by atoms with Crippen molar-refractivity contribution in [3.63, 3.8) is 0 Å². The van der Waals surface area contributed by atoms with Crippen LogP contribution in [0.2, 0.25) is 0 Å². The highest BCUT2D eigenvalue weighted by molar-refractivity contribution is 5.25. The second-order valence-corrected chi connectivity index (χ2v) is 4.76. The Labute approximate surface area is 95.4 Å². The van der Waals surface area contributed by atoms with E-state index in [2.05, 4.69) is 5.32 Å². The number of aromatic hydroxyl groups is 1. The van der Waals surface area contributed by atoms with E-state index in [0.717, 1.165) is 13.0 Å². The smallest absolute Gasteiger partial charge is 0.115 e. The highest BCUT2D eigenvalue weighted by Crippen LogP contribution is 2.34. The first-order valence-electron chi connectivity index (χ1n) is 5.98. The molecule has 3 heteroatoms. The number of benzene rings is 1. The molecule has 2 bridgehead atoms. The largest absolute Gasteiger partial charge is 0.508 e. The first-order valence-corrected chi connectivity index (χ1v) is 5.98. The van der Waals surface area contributed by atoms with Crippen LogP contribution in [-0.4, -0.2) is 23.4 Å². The van der Waals surface area contributed by atoms with Crippen molar-refractivity contribution in [3.05, 3.63) is 29.8 Å². The zero-order valence-electron chi connectivity index (χ0n) is 9.23. The van der Waals surface area contributed by atoms with Gasteiger partial charge in [-0.25, -0.2) is 0 Å². The van der Waals surface area contributed by atoms with Crippen LogP contribution < -0.4 is 5.32 Å². The molecule has 86 valence electrons. The highest BCUT2D eigenvalue weighted by atomic mass is 16.5. The topological polar surface area (TPSA) is 41.5 Å². The third-order valence-corrected chi connectivity index (χ3v) is 3.61. The van der Waals surface area contributed by atoms with Gasteiger partial charge in [-0.15, -0.1) is 0 Å². The molecule has 3 unspecified atom stereocenters. The molecule has 2 fully saturated rings. The van der Waals surface area contributed by atoms with Gasteiger partial charge in [-0.1, -0.05) is 12.1 Å². The van der Waals surface area contributed by atoms with Gasteiger partial charge in [-0.05, 0) is 37.0 Å². The van der Waals surface area contributed by atoms with Crippen LogP contribution in [0.4, 0.5) is 0 Å². The maximum atomic E-state index is 9.18. The highest BCUT2D eigenvalue weighted by Gasteiger charge is 2.40. The molecule has 3 nitrogen and oxygen atoms in total. The summed E-state index contributed by atoms with van der Waals surface area (Å²) in [6.07, 6.45) is 4.53. The van der Waals surface area contributed by atoms with E-state index >= 15 is 0 Å². The number of fused-ring (bicyclic) bond motifs is 2. The number of phenolic OH excluding ortho intramolecular Hbond substituents is 1. The molecule has 2 N–H and O–H groups in total. The number of ether oxygens (including phenoxy) is 1. The van der Waals surface area contributed by atoms with Crippen molar-refractivity contribution >= 4 is 0 Å². The molecule has 1 aromatic rings. The van der Waals surface area contributed by atoms with Gasteiger partial charge in [0.05, 0.1) is 12.2 Å². The van der Waals surface area contributed by atoms with Crippen molar-refractivity contribution in [3.8, 4) is 5.75 Å². The quantitative estimate of drug-likeness (QED) is 0.814. The molecular formula is C13H17NO2. The van der Waals surface area contributed by atoms with Crippen LogP contribution in [0.15, 0.2) is 24.3 Å². The number of nitrogens with one attached hydrogen (secondary N) is 1. The summed E-state index contributed by atoms with van der Waals surface area (Å²) in [5.41, 5.74) is 1.21. The molecule has 3 atom stereocenters. The summed E-state index contributed by atoms with van der Waals surface area (Å²) < 4.78 is 5.79. The Morgan fingerprint density at radius 1 is 1.25 bits per heavy atom. The fourth-order valence-electron chi connectivity index (χ4n) is 2.72. The van der Waals surface area contributed by atoms with Crippen LogP contribution >= 0.6 is 0 Å². The Hall–Kier alpha value is -1.06. The van der Waals surface area contributed by atoms with Crippen LogP contribution in [0.5, 0.6) is 5.75 Å². The second-order valence-electron chi connectivity index (χ2n) is 4.76. The molecule has 2 aliphatic heterocycles. The molecule has 0 aliphatic carbocycles. The van der Waals surface area contributed by atoms with E-state index in [1.165, 1.54) is 18.4 Å². The fraction of sp³-hybridized carbons (Fsp3) is 0.538. The number of phenols is 1. The Balaban J connectivity index is 1.55. The lowest BCUT2D eigenvalue weighted by atomic mass is 9.95. The fourth-order valence-corrected chi connectivity index (χ4v) is 2.72. The standard InChI is InChI=1S/C13H17NO2/c15-10-3-1-9(2-4-10)8-14-12-7-11-5-6-13(12)16-11/h1-4,11-15H,5-8H2. The minimum Gasteiger partial charge on any atom is -0.508 e. The number of hydrogen-bond acceptors (Lipinski definition) is 3. The summed E-state index contributed by atoms with van der Waals surface area (Å²) in [5, 5.41) is 12.7. The second kappa shape index (κ2) is 4.07. The molecule has 0 aromatic heterocycles. The average Bonchev–Trinajstić information content (AvgIpc) is 2.90. The minimum absolute atomic E-state index is 0.326. The Morgan fingerprint density at radius 3 is 2.69 bits per heavy atom. The summed E-state index contributed by atoms with van der Waals surface area (Å²) in [6, 6.07) is 7.89. The van der Waals surface area contributed by atoms with Crippen LogP contribution in [-0.2, 0) is 11.3 Å². The zero-order valence-corrected chi connectivity index (χ0v) is 9.23. The third-order valence-electron chi connectivity index (χ3n) is 3.61. The van der Waals surface area contributed by atoms with E-state index in [1.54, 1.807) is 12.1 Å². The van der Waals surface area contributed by atoms with Crippen molar-refractivity contribution in [2.75, 3.05) is 0 Å². The lowest BCUT2D eigenvalue weighted by Gasteiger charge is -2.20. The van der Waals surface area contributed by atoms with E-state index in [0.29, 0.717) is 24.0 Å². The summed E-state index contributed by atoms with van der Waals surface area (Å²) in [4.78, 5) is 0. The lowest BCUT2D eigenvalue weighted by molar-refractivity contribution is 0.0973. The van der Waals surface area contributed by atoms with Gasteiger partial charge in [0, 0.05) is 12.6 Å². The molecule has 0 radical (unpaired) electrons. The summed E-state index contributed by atoms with van der Waals surface area (Å²) in [7, 11) is 0. The Bertz CT molecular complexity index is 363. The molecule has 2 heterocycles. The van der Waals surface area contributed by atoms with Crippen molar-refractivity contribution in [2.24, 2.45) is 0 Å². The zero-order chi connectivity index (χ0) is 11.0. The van der Waals surface area contributed by atoms with Crippen LogP contribution in [0.1, 0.15) is 24.8 Å². The lowest BCUT2D eigenvalue weighted by Crippen LogP contribution is -2.36. The van der Waals surface area contributed by atoms with Gasteiger partial charge in [0.2, 0.25) is 0 Å². The van der Waals surface area contributed by atoms with E-state index in [4.69, 9.17) is 4.74 Å². The van der Waals surface area contributed by atoms with Gasteiger partial charge in [0.15, 0.2) is 0 Å². The van der Waals surface area contributed by atoms with Crippen molar-refractivity contribution in [1.29, 1.82) is 0 Å². The van der Waals surface area contributed by atoms with Gasteiger partial charge >= 0.3 is 0 Å². The minimum atomic E-state index is 0.326. The van der Waals surface area contributed by atoms with Crippen molar-refractivity contribution in [1.82, 2.24) is 5.32 Å². The number of rotatable bonds is 3. The summed E-state index contributed by atoms with van der Waals surface area (Å²) >= 11 is 0. The SMILES string of the molecule is Oc1ccc(CNC2CC3CCC2O3)cc1. The average molecular weight is 219 g/mol. The molecule has 0 amide bonds. The molecule has 0 saturated carbocycles. The van der Waals surface area contributed by atoms with Gasteiger partial charge in [-0.3, -0.25) is 0 Å². The van der Waals surface area contributed by atoms with Gasteiger partial charge in [0.25, 0.3) is 0 Å². The van der Waals surface area contributed by atoms with E-state index in [9.17, 15) is 5.11 Å². The first-order chi connectivity index (χ1) is 7.81. The van der Waals surface area contributed by atoms with Crippen molar-refractivity contribution in [2.45, 2.75) is 44.1 Å². The number of hydrogen-bond donors (Lipinski definition) is 2. The van der Waals surface area contributed by atoms with E-state index in [-0.39, 0.29) is 0 Å². The van der Waals surface area contributed by atoms with Gasteiger partial charge < -0.3 is 15.2 Å². The monoisotopic (exact) mass is 219 g/mol. The normalized spacial score (nSPS) is 32.1. The van der Waals surface area contributed by atoms with Gasteiger partial charge in [0.1, 0.15) is 5.75 Å². The molecule has 1 aromatic carbocycles. The van der Waals surface area contributed by atoms with Crippen LogP contribution in [0, 0.1) is 0 Å². The first kappa shape index (κ1) is 10.1. The predicted octanol–water partition coefficient (Wildman–Crippen LogP) is 1.80. The molecule has 0 spiro atoms. The Kier molecular flexibility index (Phi) is 2.58. The molecule has 16 heavy (non-hydrogen) atoms. The third kappa shape index (κ3) is 1.93.